The van der Waals surface area contributed by atoms with Crippen LogP contribution in [0.4, 0.5) is 15.9 Å². The van der Waals surface area contributed by atoms with Crippen LogP contribution in [0.2, 0.25) is 0 Å². The van der Waals surface area contributed by atoms with Crippen molar-refractivity contribution in [3.63, 3.8) is 0 Å². The third-order valence-electron chi connectivity index (χ3n) is 5.61. The third kappa shape index (κ3) is 3.69. The molecular formula is C21H22FN7S. The number of halogens is 1. The van der Waals surface area contributed by atoms with Crippen molar-refractivity contribution >= 4 is 23.3 Å². The van der Waals surface area contributed by atoms with E-state index >= 15 is 0 Å². The summed E-state index contributed by atoms with van der Waals surface area (Å²) >= 11 is 1.94. The van der Waals surface area contributed by atoms with Crippen molar-refractivity contribution in [3.8, 4) is 11.6 Å². The van der Waals surface area contributed by atoms with Gasteiger partial charge in [-0.1, -0.05) is 0 Å². The van der Waals surface area contributed by atoms with E-state index < -0.39 is 5.95 Å². The van der Waals surface area contributed by atoms with Crippen molar-refractivity contribution in [1.82, 2.24) is 24.9 Å². The van der Waals surface area contributed by atoms with E-state index in [1.165, 1.54) is 6.07 Å². The van der Waals surface area contributed by atoms with Crippen LogP contribution in [0.5, 0.6) is 0 Å². The molecule has 9 heteroatoms. The van der Waals surface area contributed by atoms with Gasteiger partial charge in [0.05, 0.1) is 11.7 Å². The van der Waals surface area contributed by atoms with Gasteiger partial charge in [-0.05, 0) is 13.0 Å². The normalized spacial score (nSPS) is 18.9. The number of hydrogen-bond donors (Lipinski definition) is 0. The van der Waals surface area contributed by atoms with Gasteiger partial charge in [-0.15, -0.1) is 0 Å². The Morgan fingerprint density at radius 2 is 1.80 bits per heavy atom. The van der Waals surface area contributed by atoms with Crippen LogP contribution in [0.3, 0.4) is 0 Å². The molecule has 2 aliphatic rings. The zero-order valence-electron chi connectivity index (χ0n) is 16.7. The van der Waals surface area contributed by atoms with Crippen LogP contribution in [-0.4, -0.2) is 56.1 Å². The molecule has 2 aliphatic heterocycles. The molecule has 5 rings (SSSR count). The molecule has 1 unspecified atom stereocenters. The van der Waals surface area contributed by atoms with Crippen LogP contribution >= 0.6 is 11.8 Å². The summed E-state index contributed by atoms with van der Waals surface area (Å²) in [5.74, 6) is 3.41. The molecule has 3 aromatic heterocycles. The van der Waals surface area contributed by atoms with Gasteiger partial charge in [0.25, 0.3) is 0 Å². The lowest BCUT2D eigenvalue weighted by Crippen LogP contribution is -2.36. The van der Waals surface area contributed by atoms with Gasteiger partial charge >= 0.3 is 0 Å². The fourth-order valence-corrected chi connectivity index (χ4v) is 4.92. The van der Waals surface area contributed by atoms with Gasteiger partial charge in [0.15, 0.2) is 11.6 Å². The second-order valence-electron chi connectivity index (χ2n) is 7.39. The first-order chi connectivity index (χ1) is 14.7. The summed E-state index contributed by atoms with van der Waals surface area (Å²) < 4.78 is 14.4. The van der Waals surface area contributed by atoms with Gasteiger partial charge in [0.2, 0.25) is 5.95 Å². The first kappa shape index (κ1) is 19.2. The number of aromatic nitrogens is 5. The van der Waals surface area contributed by atoms with Crippen molar-refractivity contribution in [2.75, 3.05) is 40.9 Å². The smallest absolute Gasteiger partial charge is 0.216 e. The van der Waals surface area contributed by atoms with Crippen molar-refractivity contribution in [2.24, 2.45) is 0 Å². The summed E-state index contributed by atoms with van der Waals surface area (Å²) in [6.07, 6.45) is 5.94. The van der Waals surface area contributed by atoms with Crippen molar-refractivity contribution in [3.05, 3.63) is 54.0 Å². The average molecular weight is 424 g/mol. The first-order valence-corrected chi connectivity index (χ1v) is 11.2. The first-order valence-electron chi connectivity index (χ1n) is 10.1. The Hall–Kier alpha value is -2.81. The standard InChI is InChI=1S/C21H22FN7S/c1-14-16-13-25-21(20-23-4-2-5-24-20)26-17(16)3-6-29(14)19-12-15(11-18(22)27-19)28-7-9-30-10-8-28/h2,4-5,11-14H,3,6-10H2,1H3. The molecule has 7 nitrogen and oxygen atoms in total. The van der Waals surface area contributed by atoms with E-state index in [1.807, 2.05) is 24.0 Å². The van der Waals surface area contributed by atoms with E-state index in [1.54, 1.807) is 18.5 Å². The quantitative estimate of drug-likeness (QED) is 0.595. The Morgan fingerprint density at radius 3 is 2.60 bits per heavy atom. The molecule has 0 saturated carbocycles. The van der Waals surface area contributed by atoms with E-state index in [0.29, 0.717) is 24.0 Å². The SMILES string of the molecule is CC1c2cnc(-c3ncccn3)nc2CCN1c1cc(N2CCSCC2)cc(F)n1. The maximum Gasteiger partial charge on any atom is 0.216 e. The molecule has 5 heterocycles. The second kappa shape index (κ2) is 8.14. The molecular weight excluding hydrogens is 401 g/mol. The highest BCUT2D eigenvalue weighted by atomic mass is 32.2. The molecule has 0 spiro atoms. The number of rotatable bonds is 3. The van der Waals surface area contributed by atoms with Gasteiger partial charge in [-0.25, -0.2) is 24.9 Å². The molecule has 0 N–H and O–H groups in total. The minimum atomic E-state index is -0.438. The van der Waals surface area contributed by atoms with Crippen molar-refractivity contribution in [2.45, 2.75) is 19.4 Å². The Balaban J connectivity index is 1.43. The zero-order chi connectivity index (χ0) is 20.5. The fraction of sp³-hybridized carbons (Fsp3) is 0.381. The van der Waals surface area contributed by atoms with E-state index in [2.05, 4.69) is 36.7 Å². The molecule has 1 atom stereocenters. The highest BCUT2D eigenvalue weighted by Gasteiger charge is 2.28. The van der Waals surface area contributed by atoms with Gasteiger partial charge < -0.3 is 9.80 Å². The van der Waals surface area contributed by atoms with Crippen molar-refractivity contribution < 1.29 is 4.39 Å². The van der Waals surface area contributed by atoms with Crippen LogP contribution in [0.15, 0.2) is 36.8 Å². The summed E-state index contributed by atoms with van der Waals surface area (Å²) in [6, 6.07) is 5.31. The summed E-state index contributed by atoms with van der Waals surface area (Å²) in [5, 5.41) is 0. The molecule has 30 heavy (non-hydrogen) atoms. The van der Waals surface area contributed by atoms with E-state index in [9.17, 15) is 4.39 Å². The third-order valence-corrected chi connectivity index (χ3v) is 6.55. The van der Waals surface area contributed by atoms with Crippen LogP contribution in [0.25, 0.3) is 11.6 Å². The molecule has 0 radical (unpaired) electrons. The topological polar surface area (TPSA) is 70.9 Å². The van der Waals surface area contributed by atoms with Gasteiger partial charge in [-0.2, -0.15) is 16.2 Å². The minimum Gasteiger partial charge on any atom is -0.370 e. The lowest BCUT2D eigenvalue weighted by atomic mass is 9.99. The number of nitrogens with zero attached hydrogens (tertiary/aromatic N) is 7. The number of anilines is 2. The maximum atomic E-state index is 14.4. The summed E-state index contributed by atoms with van der Waals surface area (Å²) in [7, 11) is 0. The molecule has 1 saturated heterocycles. The molecule has 0 aliphatic carbocycles. The number of thioether (sulfide) groups is 1. The van der Waals surface area contributed by atoms with Gasteiger partial charge in [0.1, 0.15) is 5.82 Å². The zero-order valence-corrected chi connectivity index (χ0v) is 17.5. The van der Waals surface area contributed by atoms with Gasteiger partial charge in [0, 0.05) is 79.5 Å². The number of fused-ring (bicyclic) bond motifs is 1. The summed E-state index contributed by atoms with van der Waals surface area (Å²) in [6.45, 7) is 4.67. The largest absolute Gasteiger partial charge is 0.370 e. The molecule has 0 amide bonds. The summed E-state index contributed by atoms with van der Waals surface area (Å²) in [5.41, 5.74) is 2.92. The Labute approximate surface area is 178 Å². The van der Waals surface area contributed by atoms with Crippen LogP contribution in [-0.2, 0) is 6.42 Å². The fourth-order valence-electron chi connectivity index (χ4n) is 4.02. The highest BCUT2D eigenvalue weighted by molar-refractivity contribution is 7.99. The van der Waals surface area contributed by atoms with Crippen LogP contribution in [0.1, 0.15) is 24.2 Å². The van der Waals surface area contributed by atoms with E-state index in [-0.39, 0.29) is 6.04 Å². The molecule has 154 valence electrons. The average Bonchev–Trinajstić information content (AvgIpc) is 2.80. The predicted octanol–water partition coefficient (Wildman–Crippen LogP) is 3.14. The monoisotopic (exact) mass is 423 g/mol. The maximum absolute atomic E-state index is 14.4. The highest BCUT2D eigenvalue weighted by Crippen LogP contribution is 2.34. The Bertz CT molecular complexity index is 1040. The summed E-state index contributed by atoms with van der Waals surface area (Å²) in [4.78, 5) is 26.2. The Morgan fingerprint density at radius 1 is 1.00 bits per heavy atom. The number of hydrogen-bond acceptors (Lipinski definition) is 8. The van der Waals surface area contributed by atoms with Crippen molar-refractivity contribution in [1.29, 1.82) is 0 Å². The Kier molecular flexibility index (Phi) is 5.20. The molecule has 3 aromatic rings. The number of pyridine rings is 1. The predicted molar refractivity (Wildman–Crippen MR) is 116 cm³/mol. The molecule has 0 aromatic carbocycles. The second-order valence-corrected chi connectivity index (χ2v) is 8.62. The molecule has 0 bridgehead atoms. The van der Waals surface area contributed by atoms with E-state index in [4.69, 9.17) is 4.98 Å². The van der Waals surface area contributed by atoms with E-state index in [0.717, 1.165) is 48.0 Å². The lowest BCUT2D eigenvalue weighted by Gasteiger charge is -2.36. The minimum absolute atomic E-state index is 0.00134. The molecule has 1 fully saturated rings. The lowest BCUT2D eigenvalue weighted by molar-refractivity contribution is 0.562. The van der Waals surface area contributed by atoms with Gasteiger partial charge in [-0.3, -0.25) is 0 Å². The van der Waals surface area contributed by atoms with Crippen LogP contribution in [0, 0.1) is 5.95 Å². The van der Waals surface area contributed by atoms with Crippen LogP contribution < -0.4 is 9.80 Å².